The van der Waals surface area contributed by atoms with Gasteiger partial charge < -0.3 is 19.6 Å². The molecule has 138 valence electrons. The minimum Gasteiger partial charge on any atom is -0.481 e. The predicted octanol–water partition coefficient (Wildman–Crippen LogP) is 1.36. The SMILES string of the molecule is O=C(O)C[C@@H]1CN(C(=O)[C@H]2CCCN2c2ncnc3sccc23)CCO1. The van der Waals surface area contributed by atoms with E-state index in [9.17, 15) is 9.59 Å². The van der Waals surface area contributed by atoms with Crippen molar-refractivity contribution in [2.75, 3.05) is 31.1 Å². The number of thiophene rings is 1. The predicted molar refractivity (Wildman–Crippen MR) is 96.4 cm³/mol. The highest BCUT2D eigenvalue weighted by molar-refractivity contribution is 7.16. The van der Waals surface area contributed by atoms with Crippen molar-refractivity contribution >= 4 is 39.2 Å². The number of hydrogen-bond donors (Lipinski definition) is 1. The van der Waals surface area contributed by atoms with Crippen molar-refractivity contribution in [2.45, 2.75) is 31.4 Å². The number of carbonyl (C=O) groups excluding carboxylic acids is 1. The second kappa shape index (κ2) is 7.16. The molecule has 0 spiro atoms. The molecule has 1 N–H and O–H groups in total. The lowest BCUT2D eigenvalue weighted by Crippen LogP contribution is -2.52. The Bertz CT molecular complexity index is 826. The van der Waals surface area contributed by atoms with Crippen molar-refractivity contribution in [3.63, 3.8) is 0 Å². The quantitative estimate of drug-likeness (QED) is 0.861. The molecule has 2 saturated heterocycles. The van der Waals surface area contributed by atoms with E-state index >= 15 is 0 Å². The zero-order valence-corrected chi connectivity index (χ0v) is 15.0. The Balaban J connectivity index is 1.53. The maximum atomic E-state index is 13.1. The molecule has 2 aliphatic rings. The summed E-state index contributed by atoms with van der Waals surface area (Å²) in [6.45, 7) is 1.98. The van der Waals surface area contributed by atoms with E-state index in [1.165, 1.54) is 0 Å². The van der Waals surface area contributed by atoms with Crippen molar-refractivity contribution < 1.29 is 19.4 Å². The average Bonchev–Trinajstić information content (AvgIpc) is 3.29. The van der Waals surface area contributed by atoms with E-state index in [-0.39, 0.29) is 18.4 Å². The number of fused-ring (bicyclic) bond motifs is 1. The van der Waals surface area contributed by atoms with Crippen molar-refractivity contribution in [3.05, 3.63) is 17.8 Å². The van der Waals surface area contributed by atoms with E-state index in [4.69, 9.17) is 9.84 Å². The van der Waals surface area contributed by atoms with E-state index < -0.39 is 12.1 Å². The van der Waals surface area contributed by atoms with Gasteiger partial charge in [-0.2, -0.15) is 0 Å². The summed E-state index contributed by atoms with van der Waals surface area (Å²) in [6, 6.07) is 1.73. The first kappa shape index (κ1) is 17.2. The van der Waals surface area contributed by atoms with Crippen LogP contribution in [0.15, 0.2) is 17.8 Å². The van der Waals surface area contributed by atoms with E-state index in [2.05, 4.69) is 14.9 Å². The lowest BCUT2D eigenvalue weighted by Gasteiger charge is -2.36. The monoisotopic (exact) mass is 376 g/mol. The maximum Gasteiger partial charge on any atom is 0.306 e. The second-order valence-corrected chi connectivity index (χ2v) is 7.46. The van der Waals surface area contributed by atoms with Gasteiger partial charge >= 0.3 is 5.97 Å². The van der Waals surface area contributed by atoms with Gasteiger partial charge in [-0.3, -0.25) is 9.59 Å². The smallest absolute Gasteiger partial charge is 0.306 e. The highest BCUT2D eigenvalue weighted by Crippen LogP contribution is 2.32. The molecule has 9 heteroatoms. The van der Waals surface area contributed by atoms with Gasteiger partial charge in [0.25, 0.3) is 0 Å². The van der Waals surface area contributed by atoms with Gasteiger partial charge in [0.05, 0.1) is 24.5 Å². The van der Waals surface area contributed by atoms with E-state index in [0.29, 0.717) is 19.7 Å². The van der Waals surface area contributed by atoms with Crippen LogP contribution in [0.5, 0.6) is 0 Å². The van der Waals surface area contributed by atoms with Crippen LogP contribution in [-0.4, -0.2) is 70.2 Å². The summed E-state index contributed by atoms with van der Waals surface area (Å²) in [4.78, 5) is 37.5. The fourth-order valence-corrected chi connectivity index (χ4v) is 4.46. The van der Waals surface area contributed by atoms with Gasteiger partial charge in [0.1, 0.15) is 23.0 Å². The van der Waals surface area contributed by atoms with Crippen molar-refractivity contribution in [1.82, 2.24) is 14.9 Å². The molecule has 2 aromatic heterocycles. The van der Waals surface area contributed by atoms with Crippen LogP contribution in [0.2, 0.25) is 0 Å². The fraction of sp³-hybridized carbons (Fsp3) is 0.529. The molecule has 4 rings (SSSR count). The first-order chi connectivity index (χ1) is 12.6. The number of carboxylic acids is 1. The number of carboxylic acid groups (broad SMARTS) is 1. The number of hydrogen-bond acceptors (Lipinski definition) is 7. The minimum atomic E-state index is -0.910. The minimum absolute atomic E-state index is 0.0307. The molecule has 2 atom stereocenters. The molecule has 0 radical (unpaired) electrons. The van der Waals surface area contributed by atoms with Gasteiger partial charge in [0, 0.05) is 19.6 Å². The number of morpholine rings is 1. The Kier molecular flexibility index (Phi) is 4.73. The Morgan fingerprint density at radius 1 is 1.35 bits per heavy atom. The maximum absolute atomic E-state index is 13.1. The summed E-state index contributed by atoms with van der Waals surface area (Å²) in [7, 11) is 0. The number of carbonyl (C=O) groups is 2. The van der Waals surface area contributed by atoms with Crippen molar-refractivity contribution in [2.24, 2.45) is 0 Å². The summed E-state index contributed by atoms with van der Waals surface area (Å²) >= 11 is 1.56. The largest absolute Gasteiger partial charge is 0.481 e. The number of aromatic nitrogens is 2. The number of rotatable bonds is 4. The molecule has 26 heavy (non-hydrogen) atoms. The van der Waals surface area contributed by atoms with Gasteiger partial charge in [-0.1, -0.05) is 0 Å². The first-order valence-electron chi connectivity index (χ1n) is 8.70. The first-order valence-corrected chi connectivity index (χ1v) is 9.58. The van der Waals surface area contributed by atoms with Gasteiger partial charge in [-0.05, 0) is 24.3 Å². The lowest BCUT2D eigenvalue weighted by atomic mass is 10.1. The lowest BCUT2D eigenvalue weighted by molar-refractivity contribution is -0.148. The van der Waals surface area contributed by atoms with Crippen molar-refractivity contribution in [1.29, 1.82) is 0 Å². The Morgan fingerprint density at radius 3 is 3.08 bits per heavy atom. The normalized spacial score (nSPS) is 23.5. The van der Waals surface area contributed by atoms with Crippen LogP contribution in [-0.2, 0) is 14.3 Å². The highest BCUT2D eigenvalue weighted by Gasteiger charge is 2.37. The molecule has 0 saturated carbocycles. The molecule has 0 bridgehead atoms. The van der Waals surface area contributed by atoms with Crippen LogP contribution < -0.4 is 4.90 Å². The molecule has 0 unspecified atom stereocenters. The topological polar surface area (TPSA) is 95.9 Å². The molecule has 2 aliphatic heterocycles. The summed E-state index contributed by atoms with van der Waals surface area (Å²) in [5.74, 6) is -0.0711. The number of amides is 1. The number of anilines is 1. The van der Waals surface area contributed by atoms with Gasteiger partial charge in [-0.25, -0.2) is 9.97 Å². The second-order valence-electron chi connectivity index (χ2n) is 6.56. The van der Waals surface area contributed by atoms with E-state index in [1.54, 1.807) is 22.6 Å². The number of ether oxygens (including phenoxy) is 1. The Hall–Kier alpha value is -2.26. The molecule has 0 aliphatic carbocycles. The molecular weight excluding hydrogens is 356 g/mol. The van der Waals surface area contributed by atoms with Crippen LogP contribution >= 0.6 is 11.3 Å². The zero-order valence-electron chi connectivity index (χ0n) is 14.2. The molecular formula is C17H20N4O4S. The third-order valence-corrected chi connectivity index (χ3v) is 5.72. The van der Waals surface area contributed by atoms with E-state index in [0.717, 1.165) is 35.4 Å². The summed E-state index contributed by atoms with van der Waals surface area (Å²) in [5, 5.41) is 11.9. The highest BCUT2D eigenvalue weighted by atomic mass is 32.1. The molecule has 4 heterocycles. The molecule has 1 amide bonds. The molecule has 8 nitrogen and oxygen atoms in total. The van der Waals surface area contributed by atoms with Crippen LogP contribution in [0, 0.1) is 0 Å². The van der Waals surface area contributed by atoms with Crippen LogP contribution in [0.3, 0.4) is 0 Å². The average molecular weight is 376 g/mol. The fourth-order valence-electron chi connectivity index (χ4n) is 3.73. The Labute approximate surface area is 154 Å². The van der Waals surface area contributed by atoms with Crippen LogP contribution in [0.25, 0.3) is 10.2 Å². The number of aliphatic carboxylic acids is 1. The van der Waals surface area contributed by atoms with Crippen molar-refractivity contribution in [3.8, 4) is 0 Å². The molecule has 0 aromatic carbocycles. The third kappa shape index (κ3) is 3.24. The van der Waals surface area contributed by atoms with Gasteiger partial charge in [-0.15, -0.1) is 11.3 Å². The van der Waals surface area contributed by atoms with Crippen LogP contribution in [0.1, 0.15) is 19.3 Å². The Morgan fingerprint density at radius 2 is 2.23 bits per heavy atom. The summed E-state index contributed by atoms with van der Waals surface area (Å²) < 4.78 is 5.48. The zero-order chi connectivity index (χ0) is 18.1. The standard InChI is InChI=1S/C17H20N4O4S/c22-14(23)8-11-9-20(5-6-25-11)17(24)13-2-1-4-21(13)15-12-3-7-26-16(12)19-10-18-15/h3,7,10-11,13H,1-2,4-6,8-9H2,(H,22,23)/t11-,13-/m1/s1. The third-order valence-electron chi connectivity index (χ3n) is 4.90. The van der Waals surface area contributed by atoms with Gasteiger partial charge in [0.15, 0.2) is 0 Å². The van der Waals surface area contributed by atoms with E-state index in [1.807, 2.05) is 11.4 Å². The number of nitrogens with zero attached hydrogens (tertiary/aromatic N) is 4. The molecule has 2 aromatic rings. The summed E-state index contributed by atoms with van der Waals surface area (Å²) in [6.07, 6.45) is 2.72. The van der Waals surface area contributed by atoms with Crippen LogP contribution in [0.4, 0.5) is 5.82 Å². The molecule has 2 fully saturated rings. The summed E-state index contributed by atoms with van der Waals surface area (Å²) in [5.41, 5.74) is 0. The van der Waals surface area contributed by atoms with Gasteiger partial charge in [0.2, 0.25) is 5.91 Å².